The number of nitrogens with zero attached hydrogens (tertiary/aromatic N) is 2. The Morgan fingerprint density at radius 1 is 1.38 bits per heavy atom. The number of fused-ring (bicyclic) bond motifs is 1. The molecule has 0 amide bonds. The first kappa shape index (κ1) is 14.3. The summed E-state index contributed by atoms with van der Waals surface area (Å²) in [5.74, 6) is 0.980. The Morgan fingerprint density at radius 2 is 2.24 bits per heavy atom. The van der Waals surface area contributed by atoms with Crippen molar-refractivity contribution < 1.29 is 4.74 Å². The van der Waals surface area contributed by atoms with E-state index in [2.05, 4.69) is 41.4 Å². The second kappa shape index (κ2) is 6.41. The quantitative estimate of drug-likeness (QED) is 0.937. The number of ether oxygens (including phenoxy) is 1. The molecule has 1 atom stereocenters. The van der Waals surface area contributed by atoms with E-state index >= 15 is 0 Å². The van der Waals surface area contributed by atoms with Gasteiger partial charge in [0.1, 0.15) is 5.82 Å². The van der Waals surface area contributed by atoms with Gasteiger partial charge in [-0.05, 0) is 18.6 Å². The largest absolute Gasteiger partial charge is 0.376 e. The van der Waals surface area contributed by atoms with Gasteiger partial charge in [-0.1, -0.05) is 25.1 Å². The molecule has 1 unspecified atom stereocenters. The Kier molecular flexibility index (Phi) is 4.36. The van der Waals surface area contributed by atoms with Crippen LogP contribution in [0.2, 0.25) is 0 Å². The fraction of sp³-hybridized carbons (Fsp3) is 0.471. The molecule has 0 aliphatic carbocycles. The van der Waals surface area contributed by atoms with E-state index in [1.54, 1.807) is 0 Å². The molecule has 1 saturated heterocycles. The van der Waals surface area contributed by atoms with Crippen LogP contribution in [0.1, 0.15) is 18.9 Å². The van der Waals surface area contributed by atoms with E-state index in [0.29, 0.717) is 6.10 Å². The van der Waals surface area contributed by atoms with Crippen molar-refractivity contribution in [3.8, 4) is 0 Å². The number of aromatic nitrogens is 1. The molecule has 4 nitrogen and oxygen atoms in total. The van der Waals surface area contributed by atoms with Gasteiger partial charge < -0.3 is 10.1 Å². The molecule has 112 valence electrons. The summed E-state index contributed by atoms with van der Waals surface area (Å²) in [4.78, 5) is 7.19. The number of hydrogen-bond acceptors (Lipinski definition) is 4. The van der Waals surface area contributed by atoms with E-state index in [4.69, 9.17) is 9.72 Å². The Balaban J connectivity index is 1.85. The topological polar surface area (TPSA) is 37.4 Å². The summed E-state index contributed by atoms with van der Waals surface area (Å²) in [6.45, 7) is 5.94. The molecular weight excluding hydrogens is 262 g/mol. The Bertz CT molecular complexity index is 614. The van der Waals surface area contributed by atoms with E-state index in [1.165, 1.54) is 10.9 Å². The van der Waals surface area contributed by atoms with Gasteiger partial charge in [-0.2, -0.15) is 0 Å². The first-order chi connectivity index (χ1) is 10.3. The van der Waals surface area contributed by atoms with E-state index in [1.807, 2.05) is 13.1 Å². The Morgan fingerprint density at radius 3 is 3.05 bits per heavy atom. The van der Waals surface area contributed by atoms with E-state index in [9.17, 15) is 0 Å². The van der Waals surface area contributed by atoms with E-state index in [-0.39, 0.29) is 0 Å². The summed E-state index contributed by atoms with van der Waals surface area (Å²) in [5, 5.41) is 4.43. The third kappa shape index (κ3) is 3.17. The van der Waals surface area contributed by atoms with Gasteiger partial charge in [0, 0.05) is 37.6 Å². The van der Waals surface area contributed by atoms with Crippen molar-refractivity contribution in [2.75, 3.05) is 32.1 Å². The highest BCUT2D eigenvalue weighted by Gasteiger charge is 2.20. The van der Waals surface area contributed by atoms with Gasteiger partial charge in [-0.3, -0.25) is 4.90 Å². The van der Waals surface area contributed by atoms with Crippen LogP contribution in [0, 0.1) is 0 Å². The molecule has 2 aromatic rings. The van der Waals surface area contributed by atoms with Crippen LogP contribution in [-0.2, 0) is 11.3 Å². The summed E-state index contributed by atoms with van der Waals surface area (Å²) in [6.07, 6.45) is 1.44. The molecule has 0 radical (unpaired) electrons. The number of nitrogens with one attached hydrogen (secondary N) is 1. The van der Waals surface area contributed by atoms with Crippen molar-refractivity contribution in [1.29, 1.82) is 0 Å². The van der Waals surface area contributed by atoms with Gasteiger partial charge in [0.05, 0.1) is 18.2 Å². The van der Waals surface area contributed by atoms with Gasteiger partial charge in [-0.15, -0.1) is 0 Å². The minimum atomic E-state index is 0.366. The summed E-state index contributed by atoms with van der Waals surface area (Å²) >= 11 is 0. The van der Waals surface area contributed by atoms with Crippen molar-refractivity contribution >= 4 is 16.7 Å². The van der Waals surface area contributed by atoms with Crippen LogP contribution in [0.5, 0.6) is 0 Å². The number of benzene rings is 1. The normalized spacial score (nSPS) is 19.8. The molecule has 1 aliphatic rings. The summed E-state index contributed by atoms with van der Waals surface area (Å²) in [7, 11) is 1.94. The average Bonchev–Trinajstić information content (AvgIpc) is 2.54. The van der Waals surface area contributed by atoms with Crippen LogP contribution < -0.4 is 5.32 Å². The number of hydrogen-bond donors (Lipinski definition) is 1. The monoisotopic (exact) mass is 285 g/mol. The average molecular weight is 285 g/mol. The van der Waals surface area contributed by atoms with Crippen LogP contribution in [0.15, 0.2) is 30.3 Å². The molecule has 0 saturated carbocycles. The second-order valence-corrected chi connectivity index (χ2v) is 5.57. The Labute approximate surface area is 126 Å². The predicted molar refractivity (Wildman–Crippen MR) is 86.6 cm³/mol. The lowest BCUT2D eigenvalue weighted by molar-refractivity contribution is -0.0324. The zero-order valence-electron chi connectivity index (χ0n) is 12.8. The number of anilines is 1. The van der Waals surface area contributed by atoms with Crippen molar-refractivity contribution in [2.45, 2.75) is 26.0 Å². The van der Waals surface area contributed by atoms with Crippen molar-refractivity contribution in [3.63, 3.8) is 0 Å². The molecule has 1 N–H and O–H groups in total. The molecular formula is C17H23N3O. The zero-order valence-corrected chi connectivity index (χ0v) is 12.8. The van der Waals surface area contributed by atoms with Crippen LogP contribution in [0.3, 0.4) is 0 Å². The minimum Gasteiger partial charge on any atom is -0.376 e. The lowest BCUT2D eigenvalue weighted by Gasteiger charge is -2.32. The molecule has 0 bridgehead atoms. The van der Waals surface area contributed by atoms with Gasteiger partial charge in [0.2, 0.25) is 0 Å². The second-order valence-electron chi connectivity index (χ2n) is 5.57. The molecule has 4 heteroatoms. The third-order valence-corrected chi connectivity index (χ3v) is 4.11. The first-order valence-electron chi connectivity index (χ1n) is 7.70. The predicted octanol–water partition coefficient (Wildman–Crippen LogP) is 2.89. The molecule has 21 heavy (non-hydrogen) atoms. The lowest BCUT2D eigenvalue weighted by atomic mass is 10.1. The Hall–Kier alpha value is -1.65. The summed E-state index contributed by atoms with van der Waals surface area (Å²) in [5.41, 5.74) is 2.30. The molecule has 1 aliphatic heterocycles. The molecule has 1 fully saturated rings. The van der Waals surface area contributed by atoms with Crippen LogP contribution in [-0.4, -0.2) is 42.7 Å². The fourth-order valence-electron chi connectivity index (χ4n) is 2.91. The molecule has 1 aromatic heterocycles. The maximum atomic E-state index is 5.75. The van der Waals surface area contributed by atoms with E-state index < -0.39 is 0 Å². The first-order valence-corrected chi connectivity index (χ1v) is 7.70. The van der Waals surface area contributed by atoms with Crippen molar-refractivity contribution in [1.82, 2.24) is 9.88 Å². The highest BCUT2D eigenvalue weighted by molar-refractivity contribution is 5.81. The number of rotatable bonds is 4. The third-order valence-electron chi connectivity index (χ3n) is 4.11. The standard InChI is InChI=1S/C17H23N3O/c1-3-15-12-20(8-9-21-15)11-14-10-13-6-4-5-7-16(13)19-17(14)18-2/h4-7,10,15H,3,8-9,11-12H2,1-2H3,(H,18,19). The van der Waals surface area contributed by atoms with Crippen molar-refractivity contribution in [3.05, 3.63) is 35.9 Å². The molecule has 1 aromatic carbocycles. The summed E-state index contributed by atoms with van der Waals surface area (Å²) < 4.78 is 5.75. The fourth-order valence-corrected chi connectivity index (χ4v) is 2.91. The van der Waals surface area contributed by atoms with E-state index in [0.717, 1.165) is 44.0 Å². The number of morpholine rings is 1. The highest BCUT2D eigenvalue weighted by atomic mass is 16.5. The van der Waals surface area contributed by atoms with Gasteiger partial charge in [0.25, 0.3) is 0 Å². The van der Waals surface area contributed by atoms with Crippen molar-refractivity contribution in [2.24, 2.45) is 0 Å². The summed E-state index contributed by atoms with van der Waals surface area (Å²) in [6, 6.07) is 10.5. The van der Waals surface area contributed by atoms with Gasteiger partial charge >= 0.3 is 0 Å². The number of pyridine rings is 1. The lowest BCUT2D eigenvalue weighted by Crippen LogP contribution is -2.41. The minimum absolute atomic E-state index is 0.366. The molecule has 2 heterocycles. The maximum absolute atomic E-state index is 5.75. The van der Waals surface area contributed by atoms with Gasteiger partial charge in [-0.25, -0.2) is 4.98 Å². The number of para-hydroxylation sites is 1. The highest BCUT2D eigenvalue weighted by Crippen LogP contribution is 2.22. The smallest absolute Gasteiger partial charge is 0.130 e. The zero-order chi connectivity index (χ0) is 14.7. The van der Waals surface area contributed by atoms with Crippen LogP contribution in [0.4, 0.5) is 5.82 Å². The maximum Gasteiger partial charge on any atom is 0.130 e. The molecule has 0 spiro atoms. The van der Waals surface area contributed by atoms with Crippen LogP contribution >= 0.6 is 0 Å². The van der Waals surface area contributed by atoms with Gasteiger partial charge in [0.15, 0.2) is 0 Å². The molecule has 3 rings (SSSR count). The van der Waals surface area contributed by atoms with Crippen LogP contribution in [0.25, 0.3) is 10.9 Å². The SMILES string of the molecule is CCC1CN(Cc2cc3ccccc3nc2NC)CCO1.